The minimum atomic E-state index is 0.0596. The molecule has 134 valence electrons. The zero-order valence-electron chi connectivity index (χ0n) is 15.2. The van der Waals surface area contributed by atoms with Crippen molar-refractivity contribution in [3.8, 4) is 23.1 Å². The van der Waals surface area contributed by atoms with E-state index >= 15 is 0 Å². The second-order valence-electron chi connectivity index (χ2n) is 7.44. The predicted octanol–water partition coefficient (Wildman–Crippen LogP) is 2.56. The third-order valence-electron chi connectivity index (χ3n) is 5.71. The van der Waals surface area contributed by atoms with Crippen LogP contribution in [0.15, 0.2) is 24.3 Å². The number of nitriles is 1. The Morgan fingerprint density at radius 3 is 2.73 bits per heavy atom. The SMILES string of the molecule is Cc1cc(N2CC[C@@H]3CCN(C)C[C@@H]32)nnc1-c1ccc(C#N)cc1O. The van der Waals surface area contributed by atoms with E-state index in [1.165, 1.54) is 25.5 Å². The highest BCUT2D eigenvalue weighted by molar-refractivity contribution is 5.71. The van der Waals surface area contributed by atoms with E-state index in [0.29, 0.717) is 22.9 Å². The van der Waals surface area contributed by atoms with E-state index < -0.39 is 0 Å². The van der Waals surface area contributed by atoms with Gasteiger partial charge in [0, 0.05) is 24.7 Å². The van der Waals surface area contributed by atoms with Crippen LogP contribution in [-0.2, 0) is 0 Å². The molecular weight excluding hydrogens is 326 g/mol. The monoisotopic (exact) mass is 349 g/mol. The van der Waals surface area contributed by atoms with Crippen molar-refractivity contribution < 1.29 is 5.11 Å². The molecule has 3 heterocycles. The van der Waals surface area contributed by atoms with Crippen molar-refractivity contribution in [2.24, 2.45) is 5.92 Å². The number of fused-ring (bicyclic) bond motifs is 1. The van der Waals surface area contributed by atoms with Gasteiger partial charge in [-0.2, -0.15) is 5.26 Å². The van der Waals surface area contributed by atoms with Crippen molar-refractivity contribution in [3.05, 3.63) is 35.4 Å². The van der Waals surface area contributed by atoms with Crippen molar-refractivity contribution in [2.45, 2.75) is 25.8 Å². The fraction of sp³-hybridized carbons (Fsp3) is 0.450. The van der Waals surface area contributed by atoms with E-state index in [2.05, 4.69) is 33.1 Å². The summed E-state index contributed by atoms with van der Waals surface area (Å²) in [5.41, 5.74) is 2.67. The van der Waals surface area contributed by atoms with Crippen LogP contribution in [0.1, 0.15) is 24.0 Å². The summed E-state index contributed by atoms with van der Waals surface area (Å²) < 4.78 is 0. The van der Waals surface area contributed by atoms with Gasteiger partial charge in [0.15, 0.2) is 5.82 Å². The van der Waals surface area contributed by atoms with Crippen LogP contribution in [0.5, 0.6) is 5.75 Å². The molecule has 0 radical (unpaired) electrons. The molecular formula is C20H23N5O. The molecule has 1 aromatic heterocycles. The maximum atomic E-state index is 10.2. The second-order valence-corrected chi connectivity index (χ2v) is 7.44. The molecule has 0 spiro atoms. The molecule has 6 heteroatoms. The van der Waals surface area contributed by atoms with Gasteiger partial charge >= 0.3 is 0 Å². The number of rotatable bonds is 2. The molecule has 0 saturated carbocycles. The van der Waals surface area contributed by atoms with Crippen LogP contribution in [0.25, 0.3) is 11.3 Å². The van der Waals surface area contributed by atoms with E-state index in [1.807, 2.05) is 13.0 Å². The lowest BCUT2D eigenvalue weighted by Crippen LogP contribution is -2.47. The van der Waals surface area contributed by atoms with Crippen molar-refractivity contribution in [2.75, 3.05) is 31.6 Å². The van der Waals surface area contributed by atoms with E-state index in [4.69, 9.17) is 5.26 Å². The Bertz CT molecular complexity index is 875. The van der Waals surface area contributed by atoms with Gasteiger partial charge in [-0.05, 0) is 69.1 Å². The zero-order chi connectivity index (χ0) is 18.3. The first kappa shape index (κ1) is 16.8. The van der Waals surface area contributed by atoms with Gasteiger partial charge in [-0.15, -0.1) is 10.2 Å². The van der Waals surface area contributed by atoms with E-state index in [1.54, 1.807) is 12.1 Å². The number of anilines is 1. The topological polar surface area (TPSA) is 76.3 Å². The summed E-state index contributed by atoms with van der Waals surface area (Å²) in [6.45, 7) is 5.27. The number of piperidine rings is 1. The number of aromatic nitrogens is 2. The van der Waals surface area contributed by atoms with E-state index in [0.717, 1.165) is 30.4 Å². The number of hydrogen-bond donors (Lipinski definition) is 1. The van der Waals surface area contributed by atoms with Gasteiger partial charge in [-0.3, -0.25) is 0 Å². The molecule has 2 saturated heterocycles. The molecule has 6 nitrogen and oxygen atoms in total. The van der Waals surface area contributed by atoms with Gasteiger partial charge in [0.05, 0.1) is 17.3 Å². The van der Waals surface area contributed by atoms with Crippen LogP contribution in [0.2, 0.25) is 0 Å². The fourth-order valence-electron chi connectivity index (χ4n) is 4.26. The van der Waals surface area contributed by atoms with Crippen LogP contribution >= 0.6 is 0 Å². The number of nitrogens with zero attached hydrogens (tertiary/aromatic N) is 5. The fourth-order valence-corrected chi connectivity index (χ4v) is 4.26. The highest BCUT2D eigenvalue weighted by Crippen LogP contribution is 2.36. The van der Waals surface area contributed by atoms with Crippen LogP contribution in [-0.4, -0.2) is 52.9 Å². The number of aromatic hydroxyl groups is 1. The molecule has 2 aliphatic rings. The highest BCUT2D eigenvalue weighted by atomic mass is 16.3. The number of aryl methyl sites for hydroxylation is 1. The summed E-state index contributed by atoms with van der Waals surface area (Å²) >= 11 is 0. The second kappa shape index (κ2) is 6.58. The standard InChI is InChI=1S/C20H23N5O/c1-13-9-19(25-8-6-15-5-7-24(2)12-17(15)25)22-23-20(13)16-4-3-14(11-21)10-18(16)26/h3-4,9-10,15,17,26H,5-8,12H2,1-2H3/t15-,17-/m0/s1. The van der Waals surface area contributed by atoms with Crippen molar-refractivity contribution in [1.29, 1.82) is 5.26 Å². The third-order valence-corrected chi connectivity index (χ3v) is 5.71. The molecule has 0 aliphatic carbocycles. The first-order chi connectivity index (χ1) is 12.6. The van der Waals surface area contributed by atoms with Crippen LogP contribution in [0.4, 0.5) is 5.82 Å². The van der Waals surface area contributed by atoms with Crippen molar-refractivity contribution >= 4 is 5.82 Å². The minimum absolute atomic E-state index is 0.0596. The van der Waals surface area contributed by atoms with Gasteiger partial charge in [-0.1, -0.05) is 0 Å². The van der Waals surface area contributed by atoms with E-state index in [9.17, 15) is 5.11 Å². The van der Waals surface area contributed by atoms with Crippen LogP contribution in [0.3, 0.4) is 0 Å². The maximum absolute atomic E-state index is 10.2. The number of phenolic OH excluding ortho intramolecular Hbond substituents is 1. The molecule has 0 unspecified atom stereocenters. The molecule has 1 N–H and O–H groups in total. The van der Waals surface area contributed by atoms with Gasteiger partial charge in [0.2, 0.25) is 0 Å². The summed E-state index contributed by atoms with van der Waals surface area (Å²) in [6.07, 6.45) is 2.47. The molecule has 0 amide bonds. The number of phenols is 1. The Kier molecular flexibility index (Phi) is 4.25. The zero-order valence-corrected chi connectivity index (χ0v) is 15.2. The molecule has 26 heavy (non-hydrogen) atoms. The smallest absolute Gasteiger partial charge is 0.151 e. The summed E-state index contributed by atoms with van der Waals surface area (Å²) in [5.74, 6) is 1.72. The van der Waals surface area contributed by atoms with E-state index in [-0.39, 0.29) is 5.75 Å². The molecule has 1 aromatic carbocycles. The average Bonchev–Trinajstić information content (AvgIpc) is 3.05. The summed E-state index contributed by atoms with van der Waals surface area (Å²) in [5, 5.41) is 28.1. The summed E-state index contributed by atoms with van der Waals surface area (Å²) in [7, 11) is 2.18. The Labute approximate surface area is 153 Å². The maximum Gasteiger partial charge on any atom is 0.151 e. The average molecular weight is 349 g/mol. The molecule has 0 bridgehead atoms. The van der Waals surface area contributed by atoms with Gasteiger partial charge in [0.25, 0.3) is 0 Å². The number of benzene rings is 1. The Hall–Kier alpha value is -2.65. The lowest BCUT2D eigenvalue weighted by atomic mass is 9.92. The minimum Gasteiger partial charge on any atom is -0.507 e. The molecule has 2 fully saturated rings. The highest BCUT2D eigenvalue weighted by Gasteiger charge is 2.38. The Balaban J connectivity index is 1.64. The first-order valence-corrected chi connectivity index (χ1v) is 9.10. The number of likely N-dealkylation sites (N-methyl/N-ethyl adjacent to an activating group) is 1. The molecule has 2 aromatic rings. The molecule has 2 atom stereocenters. The first-order valence-electron chi connectivity index (χ1n) is 9.10. The Morgan fingerprint density at radius 1 is 1.19 bits per heavy atom. The summed E-state index contributed by atoms with van der Waals surface area (Å²) in [4.78, 5) is 4.78. The molecule has 4 rings (SSSR count). The van der Waals surface area contributed by atoms with Crippen LogP contribution in [0, 0.1) is 24.2 Å². The lowest BCUT2D eigenvalue weighted by Gasteiger charge is -2.37. The van der Waals surface area contributed by atoms with Crippen molar-refractivity contribution in [1.82, 2.24) is 15.1 Å². The largest absolute Gasteiger partial charge is 0.507 e. The lowest BCUT2D eigenvalue weighted by molar-refractivity contribution is 0.207. The summed E-state index contributed by atoms with van der Waals surface area (Å²) in [6, 6.07) is 9.49. The number of hydrogen-bond acceptors (Lipinski definition) is 6. The normalized spacial score (nSPS) is 22.9. The molecule has 2 aliphatic heterocycles. The quantitative estimate of drug-likeness (QED) is 0.898. The number of likely N-dealkylation sites (tertiary alicyclic amines) is 1. The van der Waals surface area contributed by atoms with Gasteiger partial charge in [0.1, 0.15) is 5.75 Å². The Morgan fingerprint density at radius 2 is 2.00 bits per heavy atom. The van der Waals surface area contributed by atoms with Crippen molar-refractivity contribution in [3.63, 3.8) is 0 Å². The van der Waals surface area contributed by atoms with Gasteiger partial charge < -0.3 is 14.9 Å². The predicted molar refractivity (Wildman–Crippen MR) is 99.9 cm³/mol. The van der Waals surface area contributed by atoms with Crippen LogP contribution < -0.4 is 4.90 Å². The van der Waals surface area contributed by atoms with Gasteiger partial charge in [-0.25, -0.2) is 0 Å². The third kappa shape index (κ3) is 2.89.